The minimum atomic E-state index is -0.901. The lowest BCUT2D eigenvalue weighted by Gasteiger charge is -2.14. The molecule has 0 spiro atoms. The Hall–Kier alpha value is -2.10. The van der Waals surface area contributed by atoms with Crippen molar-refractivity contribution < 1.29 is 14.7 Å². The van der Waals surface area contributed by atoms with Crippen molar-refractivity contribution in [2.75, 3.05) is 5.32 Å². The number of benzene rings is 1. The number of carbonyl (C=O) groups excluding carboxylic acids is 1. The zero-order chi connectivity index (χ0) is 14.4. The van der Waals surface area contributed by atoms with Gasteiger partial charge in [-0.15, -0.1) is 0 Å². The molecule has 2 N–H and O–H groups in total. The van der Waals surface area contributed by atoms with Crippen molar-refractivity contribution in [2.45, 2.75) is 38.5 Å². The average molecular weight is 273 g/mol. The number of allylic oxidation sites excluding steroid dienone is 1. The number of anilines is 1. The first-order valence-corrected chi connectivity index (χ1v) is 6.92. The molecule has 1 aromatic carbocycles. The second kappa shape index (κ2) is 6.89. The van der Waals surface area contributed by atoms with Crippen molar-refractivity contribution >= 4 is 17.6 Å². The number of para-hydroxylation sites is 1. The normalized spacial score (nSPS) is 14.5. The van der Waals surface area contributed by atoms with Gasteiger partial charge in [0.2, 0.25) is 5.91 Å². The molecule has 0 radical (unpaired) electrons. The van der Waals surface area contributed by atoms with Gasteiger partial charge in [0.25, 0.3) is 0 Å². The van der Waals surface area contributed by atoms with Crippen LogP contribution in [0.25, 0.3) is 0 Å². The standard InChI is InChI=1S/C16H19NO3/c18-15(10-12-6-2-1-3-7-12)17-14-9-5-4-8-13(14)11-16(19)20/h4-6,8-9H,1-3,7,10-11H2,(H,17,18)(H,19,20). The quantitative estimate of drug-likeness (QED) is 0.810. The van der Waals surface area contributed by atoms with Gasteiger partial charge in [0, 0.05) is 12.1 Å². The average Bonchev–Trinajstić information content (AvgIpc) is 2.41. The summed E-state index contributed by atoms with van der Waals surface area (Å²) < 4.78 is 0. The maximum atomic E-state index is 12.0. The molecule has 4 nitrogen and oxygen atoms in total. The fourth-order valence-electron chi connectivity index (χ4n) is 2.43. The van der Waals surface area contributed by atoms with Gasteiger partial charge in [-0.25, -0.2) is 0 Å². The van der Waals surface area contributed by atoms with Crippen LogP contribution in [0, 0.1) is 0 Å². The molecule has 4 heteroatoms. The number of carbonyl (C=O) groups is 2. The van der Waals surface area contributed by atoms with E-state index in [0.29, 0.717) is 17.7 Å². The van der Waals surface area contributed by atoms with Crippen LogP contribution >= 0.6 is 0 Å². The van der Waals surface area contributed by atoms with Crippen LogP contribution in [-0.4, -0.2) is 17.0 Å². The number of carboxylic acid groups (broad SMARTS) is 1. The van der Waals surface area contributed by atoms with Gasteiger partial charge in [0.1, 0.15) is 0 Å². The number of hydrogen-bond donors (Lipinski definition) is 2. The second-order valence-corrected chi connectivity index (χ2v) is 5.06. The van der Waals surface area contributed by atoms with Crippen LogP contribution in [-0.2, 0) is 16.0 Å². The monoisotopic (exact) mass is 273 g/mol. The minimum Gasteiger partial charge on any atom is -0.481 e. The summed E-state index contributed by atoms with van der Waals surface area (Å²) in [5.41, 5.74) is 2.41. The van der Waals surface area contributed by atoms with Gasteiger partial charge < -0.3 is 10.4 Å². The summed E-state index contributed by atoms with van der Waals surface area (Å²) in [5, 5.41) is 11.7. The number of amides is 1. The topological polar surface area (TPSA) is 66.4 Å². The molecule has 0 bridgehead atoms. The lowest BCUT2D eigenvalue weighted by atomic mass is 9.97. The molecule has 0 aromatic heterocycles. The molecule has 0 aliphatic heterocycles. The van der Waals surface area contributed by atoms with Gasteiger partial charge in [0.05, 0.1) is 6.42 Å². The third kappa shape index (κ3) is 4.23. The largest absolute Gasteiger partial charge is 0.481 e. The van der Waals surface area contributed by atoms with Gasteiger partial charge in [-0.1, -0.05) is 29.8 Å². The van der Waals surface area contributed by atoms with E-state index in [0.717, 1.165) is 19.3 Å². The van der Waals surface area contributed by atoms with Crippen molar-refractivity contribution in [3.05, 3.63) is 41.5 Å². The van der Waals surface area contributed by atoms with Crippen LogP contribution in [0.15, 0.2) is 35.9 Å². The highest BCUT2D eigenvalue weighted by atomic mass is 16.4. The zero-order valence-electron chi connectivity index (χ0n) is 11.4. The summed E-state index contributed by atoms with van der Waals surface area (Å²) in [6.45, 7) is 0. The molecule has 0 saturated carbocycles. The molecule has 1 aromatic rings. The summed E-state index contributed by atoms with van der Waals surface area (Å²) in [6, 6.07) is 7.04. The Bertz CT molecular complexity index is 534. The highest BCUT2D eigenvalue weighted by Crippen LogP contribution is 2.21. The summed E-state index contributed by atoms with van der Waals surface area (Å²) >= 11 is 0. The maximum Gasteiger partial charge on any atom is 0.307 e. The van der Waals surface area contributed by atoms with E-state index in [1.54, 1.807) is 24.3 Å². The lowest BCUT2D eigenvalue weighted by molar-refractivity contribution is -0.136. The van der Waals surface area contributed by atoms with Crippen LogP contribution in [0.3, 0.4) is 0 Å². The smallest absolute Gasteiger partial charge is 0.307 e. The predicted octanol–water partition coefficient (Wildman–Crippen LogP) is 3.14. The van der Waals surface area contributed by atoms with Gasteiger partial charge in [-0.2, -0.15) is 0 Å². The van der Waals surface area contributed by atoms with Gasteiger partial charge >= 0.3 is 5.97 Å². The first kappa shape index (κ1) is 14.3. The second-order valence-electron chi connectivity index (χ2n) is 5.06. The van der Waals surface area contributed by atoms with E-state index in [9.17, 15) is 9.59 Å². The van der Waals surface area contributed by atoms with Gasteiger partial charge in [-0.3, -0.25) is 9.59 Å². The molecule has 1 amide bonds. The Morgan fingerprint density at radius 1 is 1.15 bits per heavy atom. The van der Waals surface area contributed by atoms with Crippen LogP contribution in [0.2, 0.25) is 0 Å². The number of carboxylic acids is 1. The lowest BCUT2D eigenvalue weighted by Crippen LogP contribution is -2.15. The molecule has 2 rings (SSSR count). The molecule has 0 atom stereocenters. The molecule has 1 aliphatic rings. The Labute approximate surface area is 118 Å². The fourth-order valence-corrected chi connectivity index (χ4v) is 2.43. The predicted molar refractivity (Wildman–Crippen MR) is 77.6 cm³/mol. The van der Waals surface area contributed by atoms with Crippen LogP contribution in [0.5, 0.6) is 0 Å². The molecule has 0 unspecified atom stereocenters. The van der Waals surface area contributed by atoms with Crippen molar-refractivity contribution in [3.8, 4) is 0 Å². The summed E-state index contributed by atoms with van der Waals surface area (Å²) in [5.74, 6) is -0.974. The molecule has 1 aliphatic carbocycles. The van der Waals surface area contributed by atoms with Gasteiger partial charge in [-0.05, 0) is 37.3 Å². The number of nitrogens with one attached hydrogen (secondary N) is 1. The molecule has 0 heterocycles. The molecule has 0 fully saturated rings. The Balaban J connectivity index is 2.00. The summed E-state index contributed by atoms with van der Waals surface area (Å²) in [6.07, 6.45) is 6.86. The third-order valence-electron chi connectivity index (χ3n) is 3.41. The van der Waals surface area contributed by atoms with Crippen molar-refractivity contribution in [1.29, 1.82) is 0 Å². The number of rotatable bonds is 5. The number of hydrogen-bond acceptors (Lipinski definition) is 2. The first-order valence-electron chi connectivity index (χ1n) is 6.92. The van der Waals surface area contributed by atoms with E-state index in [2.05, 4.69) is 11.4 Å². The molecule has 20 heavy (non-hydrogen) atoms. The molecular formula is C16H19NO3. The maximum absolute atomic E-state index is 12.0. The minimum absolute atomic E-state index is 0.0732. The van der Waals surface area contributed by atoms with E-state index in [1.807, 2.05) is 0 Å². The van der Waals surface area contributed by atoms with E-state index in [1.165, 1.54) is 12.0 Å². The van der Waals surface area contributed by atoms with Crippen LogP contribution in [0.4, 0.5) is 5.69 Å². The van der Waals surface area contributed by atoms with E-state index < -0.39 is 5.97 Å². The van der Waals surface area contributed by atoms with E-state index >= 15 is 0 Å². The van der Waals surface area contributed by atoms with Crippen molar-refractivity contribution in [2.24, 2.45) is 0 Å². The Morgan fingerprint density at radius 2 is 1.95 bits per heavy atom. The summed E-state index contributed by atoms with van der Waals surface area (Å²) in [4.78, 5) is 22.8. The van der Waals surface area contributed by atoms with E-state index in [-0.39, 0.29) is 12.3 Å². The molecular weight excluding hydrogens is 254 g/mol. The van der Waals surface area contributed by atoms with Crippen LogP contribution in [0.1, 0.15) is 37.7 Å². The van der Waals surface area contributed by atoms with Crippen molar-refractivity contribution in [3.63, 3.8) is 0 Å². The van der Waals surface area contributed by atoms with Crippen molar-refractivity contribution in [1.82, 2.24) is 0 Å². The highest BCUT2D eigenvalue weighted by Gasteiger charge is 2.12. The Morgan fingerprint density at radius 3 is 2.65 bits per heavy atom. The van der Waals surface area contributed by atoms with Gasteiger partial charge in [0.15, 0.2) is 0 Å². The molecule has 0 saturated heterocycles. The SMILES string of the molecule is O=C(O)Cc1ccccc1NC(=O)CC1=CCCCC1. The first-order chi connectivity index (χ1) is 9.65. The Kier molecular flexibility index (Phi) is 4.93. The van der Waals surface area contributed by atoms with E-state index in [4.69, 9.17) is 5.11 Å². The highest BCUT2D eigenvalue weighted by molar-refractivity contribution is 5.93. The fraction of sp³-hybridized carbons (Fsp3) is 0.375. The molecule has 106 valence electrons. The number of aliphatic carboxylic acids is 1. The third-order valence-corrected chi connectivity index (χ3v) is 3.41. The summed E-state index contributed by atoms with van der Waals surface area (Å²) in [7, 11) is 0. The zero-order valence-corrected chi connectivity index (χ0v) is 11.4. The van der Waals surface area contributed by atoms with Crippen LogP contribution < -0.4 is 5.32 Å².